The number of rotatable bonds is 31. The molecule has 6 nitrogen and oxygen atoms in total. The van der Waals surface area contributed by atoms with Gasteiger partial charge in [0.15, 0.2) is 6.10 Å². The fraction of sp³-hybridized carbons (Fsp3) is 0.914. The third-order valence-corrected chi connectivity index (χ3v) is 7.61. The maximum Gasteiger partial charge on any atom is 0.306 e. The summed E-state index contributed by atoms with van der Waals surface area (Å²) in [5.74, 6) is -0.886. The van der Waals surface area contributed by atoms with Crippen LogP contribution in [0.3, 0.4) is 0 Å². The van der Waals surface area contributed by atoms with Crippen molar-refractivity contribution in [3.05, 3.63) is 0 Å². The van der Waals surface area contributed by atoms with Gasteiger partial charge < -0.3 is 14.2 Å². The van der Waals surface area contributed by atoms with Crippen molar-refractivity contribution in [2.24, 2.45) is 0 Å². The highest BCUT2D eigenvalue weighted by molar-refractivity contribution is 5.71. The molecule has 0 fully saturated rings. The number of carbonyl (C=O) groups is 3. The number of unbranched alkanes of at least 4 members (excludes halogenated alkanes) is 20. The van der Waals surface area contributed by atoms with Crippen LogP contribution in [0.25, 0.3) is 0 Å². The van der Waals surface area contributed by atoms with Crippen LogP contribution in [-0.4, -0.2) is 37.2 Å². The zero-order valence-corrected chi connectivity index (χ0v) is 27.3. The minimum absolute atomic E-state index is 0.0658. The van der Waals surface area contributed by atoms with Crippen molar-refractivity contribution in [2.45, 2.75) is 194 Å². The lowest BCUT2D eigenvalue weighted by Crippen LogP contribution is -2.30. The molecule has 1 unspecified atom stereocenters. The molecule has 0 aromatic rings. The second-order valence-electron chi connectivity index (χ2n) is 11.8. The average Bonchev–Trinajstić information content (AvgIpc) is 2.96. The average molecular weight is 583 g/mol. The van der Waals surface area contributed by atoms with Crippen molar-refractivity contribution in [3.63, 3.8) is 0 Å². The summed E-state index contributed by atoms with van der Waals surface area (Å²) in [5.41, 5.74) is 0. The van der Waals surface area contributed by atoms with E-state index in [4.69, 9.17) is 14.2 Å². The minimum Gasteiger partial charge on any atom is -0.462 e. The molecule has 0 saturated carbocycles. The van der Waals surface area contributed by atoms with Gasteiger partial charge in [-0.05, 0) is 19.3 Å². The Morgan fingerprint density at radius 1 is 0.390 bits per heavy atom. The van der Waals surface area contributed by atoms with E-state index < -0.39 is 6.10 Å². The lowest BCUT2D eigenvalue weighted by atomic mass is 10.1. The minimum atomic E-state index is -0.753. The van der Waals surface area contributed by atoms with Crippen LogP contribution in [0.2, 0.25) is 0 Å². The van der Waals surface area contributed by atoms with Gasteiger partial charge in [0, 0.05) is 19.3 Å². The second-order valence-corrected chi connectivity index (χ2v) is 11.8. The molecule has 1 atom stereocenters. The predicted molar refractivity (Wildman–Crippen MR) is 169 cm³/mol. The first kappa shape index (κ1) is 39.4. The molecule has 0 rings (SSSR count). The summed E-state index contributed by atoms with van der Waals surface area (Å²) < 4.78 is 16.4. The third kappa shape index (κ3) is 29.7. The van der Waals surface area contributed by atoms with E-state index in [-0.39, 0.29) is 31.1 Å². The number of ether oxygens (including phenoxy) is 3. The van der Waals surface area contributed by atoms with Gasteiger partial charge in [0.2, 0.25) is 0 Å². The first-order valence-electron chi connectivity index (χ1n) is 17.5. The van der Waals surface area contributed by atoms with E-state index >= 15 is 0 Å². The summed E-state index contributed by atoms with van der Waals surface area (Å²) in [6.07, 6.45) is 26.8. The van der Waals surface area contributed by atoms with Crippen molar-refractivity contribution in [3.8, 4) is 0 Å². The van der Waals surface area contributed by atoms with E-state index in [1.54, 1.807) is 0 Å². The zero-order valence-electron chi connectivity index (χ0n) is 27.3. The Morgan fingerprint density at radius 2 is 0.659 bits per heavy atom. The van der Waals surface area contributed by atoms with Crippen molar-refractivity contribution in [1.29, 1.82) is 0 Å². The van der Waals surface area contributed by atoms with Gasteiger partial charge in [0.25, 0.3) is 0 Å². The van der Waals surface area contributed by atoms with Crippen molar-refractivity contribution >= 4 is 17.9 Å². The van der Waals surface area contributed by atoms with Gasteiger partial charge in [-0.15, -0.1) is 0 Å². The molecule has 0 aliphatic rings. The van der Waals surface area contributed by atoms with Gasteiger partial charge >= 0.3 is 17.9 Å². The van der Waals surface area contributed by atoms with Gasteiger partial charge in [0.1, 0.15) is 13.2 Å². The van der Waals surface area contributed by atoms with Crippen molar-refractivity contribution < 1.29 is 28.6 Å². The highest BCUT2D eigenvalue weighted by Crippen LogP contribution is 2.13. The van der Waals surface area contributed by atoms with Crippen LogP contribution in [0.1, 0.15) is 188 Å². The highest BCUT2D eigenvalue weighted by atomic mass is 16.6. The third-order valence-electron chi connectivity index (χ3n) is 7.61. The maximum atomic E-state index is 12.4. The first-order valence-corrected chi connectivity index (χ1v) is 17.5. The number of esters is 3. The van der Waals surface area contributed by atoms with Gasteiger partial charge in [0.05, 0.1) is 0 Å². The Balaban J connectivity index is 4.31. The van der Waals surface area contributed by atoms with Crippen molar-refractivity contribution in [1.82, 2.24) is 0 Å². The van der Waals surface area contributed by atoms with E-state index in [1.807, 2.05) is 0 Å². The van der Waals surface area contributed by atoms with E-state index in [0.717, 1.165) is 57.8 Å². The Bertz CT molecular complexity index is 605. The van der Waals surface area contributed by atoms with Crippen LogP contribution in [0.15, 0.2) is 0 Å². The summed E-state index contributed by atoms with van der Waals surface area (Å²) in [5, 5.41) is 0. The van der Waals surface area contributed by atoms with Gasteiger partial charge in [-0.2, -0.15) is 0 Å². The lowest BCUT2D eigenvalue weighted by molar-refractivity contribution is -0.167. The standard InChI is InChI=1S/C35H66O6/c1-4-7-10-13-16-17-18-20-22-25-28-34(37)40-31-32(30-39-33(36)27-24-21-15-12-9-6-3)41-35(38)29-26-23-19-14-11-8-5-2/h32H,4-31H2,1-3H3. The summed E-state index contributed by atoms with van der Waals surface area (Å²) >= 11 is 0. The molecule has 0 N–H and O–H groups in total. The SMILES string of the molecule is CCCCCCCCCCCCC(=O)OCC(COC(=O)CCCCCCCC)OC(=O)CCCCCCCCC. The molecule has 242 valence electrons. The molecule has 0 aromatic heterocycles. The van der Waals surface area contributed by atoms with Crippen LogP contribution in [0, 0.1) is 0 Å². The normalized spacial score (nSPS) is 11.8. The van der Waals surface area contributed by atoms with Gasteiger partial charge in [-0.3, -0.25) is 14.4 Å². The molecule has 6 heteroatoms. The molecule has 0 radical (unpaired) electrons. The van der Waals surface area contributed by atoms with Gasteiger partial charge in [-0.1, -0.05) is 149 Å². The summed E-state index contributed by atoms with van der Waals surface area (Å²) in [7, 11) is 0. The molecule has 0 heterocycles. The molecule has 0 amide bonds. The molecule has 0 aliphatic heterocycles. The van der Waals surface area contributed by atoms with E-state index in [1.165, 1.54) is 89.9 Å². The summed E-state index contributed by atoms with van der Waals surface area (Å²) in [6, 6.07) is 0. The lowest BCUT2D eigenvalue weighted by Gasteiger charge is -2.18. The summed E-state index contributed by atoms with van der Waals surface area (Å²) in [6.45, 7) is 6.49. The van der Waals surface area contributed by atoms with E-state index in [2.05, 4.69) is 20.8 Å². The topological polar surface area (TPSA) is 78.9 Å². The molecule has 0 saturated heterocycles. The number of hydrogen-bond acceptors (Lipinski definition) is 6. The molecule has 0 bridgehead atoms. The Kier molecular flexibility index (Phi) is 30.1. The zero-order chi connectivity index (χ0) is 30.2. The molecular formula is C35H66O6. The van der Waals surface area contributed by atoms with Crippen LogP contribution in [0.4, 0.5) is 0 Å². The molecule has 41 heavy (non-hydrogen) atoms. The fourth-order valence-corrected chi connectivity index (χ4v) is 4.91. The van der Waals surface area contributed by atoms with Crippen LogP contribution < -0.4 is 0 Å². The fourth-order valence-electron chi connectivity index (χ4n) is 4.91. The quantitative estimate of drug-likeness (QED) is 0.0459. The monoisotopic (exact) mass is 582 g/mol. The smallest absolute Gasteiger partial charge is 0.306 e. The number of hydrogen-bond donors (Lipinski definition) is 0. The molecular weight excluding hydrogens is 516 g/mol. The Morgan fingerprint density at radius 3 is 0.976 bits per heavy atom. The highest BCUT2D eigenvalue weighted by Gasteiger charge is 2.19. The molecule has 0 aliphatic carbocycles. The van der Waals surface area contributed by atoms with Crippen LogP contribution in [0.5, 0.6) is 0 Å². The predicted octanol–water partition coefficient (Wildman–Crippen LogP) is 10.2. The van der Waals surface area contributed by atoms with Crippen LogP contribution in [-0.2, 0) is 28.6 Å². The first-order chi connectivity index (χ1) is 20.0. The van der Waals surface area contributed by atoms with E-state index in [0.29, 0.717) is 19.3 Å². The largest absolute Gasteiger partial charge is 0.462 e. The Hall–Kier alpha value is -1.59. The van der Waals surface area contributed by atoms with Crippen LogP contribution >= 0.6 is 0 Å². The number of carbonyl (C=O) groups excluding carboxylic acids is 3. The van der Waals surface area contributed by atoms with Crippen molar-refractivity contribution in [2.75, 3.05) is 13.2 Å². The summed E-state index contributed by atoms with van der Waals surface area (Å²) in [4.78, 5) is 37.0. The maximum absolute atomic E-state index is 12.4. The van der Waals surface area contributed by atoms with E-state index in [9.17, 15) is 14.4 Å². The Labute approximate surface area is 253 Å². The second kappa shape index (κ2) is 31.3. The molecule has 0 spiro atoms. The molecule has 0 aromatic carbocycles. The van der Waals surface area contributed by atoms with Gasteiger partial charge in [-0.25, -0.2) is 0 Å².